The van der Waals surface area contributed by atoms with Crippen molar-refractivity contribution in [3.63, 3.8) is 0 Å². The molecule has 1 aliphatic rings. The molecule has 23 heavy (non-hydrogen) atoms. The maximum Gasteiger partial charge on any atom is 0.185 e. The lowest BCUT2D eigenvalue weighted by atomic mass is 10.0. The van der Waals surface area contributed by atoms with Crippen LogP contribution in [0.4, 0.5) is 5.69 Å². The average molecular weight is 330 g/mol. The quantitative estimate of drug-likeness (QED) is 0.443. The minimum absolute atomic E-state index is 0.103. The van der Waals surface area contributed by atoms with Gasteiger partial charge in [-0.1, -0.05) is 12.1 Å². The van der Waals surface area contributed by atoms with Gasteiger partial charge in [-0.15, -0.1) is 11.3 Å². The number of carbonyl (C=O) groups is 1. The number of nitrogen functional groups attached to an aromatic ring is 1. The number of nitrogens with two attached hydrogens (primary N) is 2. The number of nitrogens with zero attached hydrogens (tertiary/aromatic N) is 1. The van der Waals surface area contributed by atoms with E-state index in [0.29, 0.717) is 22.6 Å². The second-order valence-corrected chi connectivity index (χ2v) is 6.42. The average Bonchev–Trinajstić information content (AvgIpc) is 2.95. The second-order valence-electron chi connectivity index (χ2n) is 5.40. The molecule has 6 nitrogen and oxygen atoms in total. The summed E-state index contributed by atoms with van der Waals surface area (Å²) in [6.07, 6.45) is 5.49. The summed E-state index contributed by atoms with van der Waals surface area (Å²) in [5, 5.41) is 9.63. The number of carbonyl (C=O) groups excluding carboxylic acids is 1. The lowest BCUT2D eigenvalue weighted by Gasteiger charge is -2.17. The number of hydrogen-bond donors (Lipinski definition) is 3. The van der Waals surface area contributed by atoms with E-state index in [1.54, 1.807) is 6.07 Å². The molecule has 2 heterocycles. The van der Waals surface area contributed by atoms with Crippen LogP contribution in [0.25, 0.3) is 10.8 Å². The Kier molecular flexibility index (Phi) is 4.40. The van der Waals surface area contributed by atoms with Crippen LogP contribution >= 0.6 is 11.3 Å². The van der Waals surface area contributed by atoms with Crippen molar-refractivity contribution < 1.29 is 9.53 Å². The van der Waals surface area contributed by atoms with Gasteiger partial charge < -0.3 is 26.4 Å². The summed E-state index contributed by atoms with van der Waals surface area (Å²) >= 11 is 1.34. The van der Waals surface area contributed by atoms with Gasteiger partial charge in [0.25, 0.3) is 0 Å². The molecule has 0 saturated heterocycles. The van der Waals surface area contributed by atoms with E-state index in [2.05, 4.69) is 4.99 Å². The van der Waals surface area contributed by atoms with Gasteiger partial charge in [0.1, 0.15) is 12.4 Å². The molecule has 0 amide bonds. The number of rotatable bonds is 5. The molecule has 1 aromatic heterocycles. The lowest BCUT2D eigenvalue weighted by molar-refractivity contribution is -0.108. The summed E-state index contributed by atoms with van der Waals surface area (Å²) < 4.78 is 6.07. The highest BCUT2D eigenvalue weighted by Gasteiger charge is 2.22. The van der Waals surface area contributed by atoms with Crippen LogP contribution in [0.2, 0.25) is 0 Å². The Balaban J connectivity index is 2.14. The molecule has 0 bridgehead atoms. The first kappa shape index (κ1) is 15.6. The van der Waals surface area contributed by atoms with Crippen molar-refractivity contribution >= 4 is 46.5 Å². The van der Waals surface area contributed by atoms with E-state index in [4.69, 9.17) is 21.6 Å². The minimum atomic E-state index is -0.717. The molecule has 2 aromatic rings. The molecule has 2 unspecified atom stereocenters. The topological polar surface area (TPSA) is 115 Å². The summed E-state index contributed by atoms with van der Waals surface area (Å²) in [6.45, 7) is 0.826. The zero-order valence-corrected chi connectivity index (χ0v) is 13.3. The van der Waals surface area contributed by atoms with Crippen molar-refractivity contribution in [1.29, 1.82) is 5.41 Å². The molecule has 0 spiro atoms. The summed E-state index contributed by atoms with van der Waals surface area (Å²) in [5.74, 6) is 0. The smallest absolute Gasteiger partial charge is 0.185 e. The van der Waals surface area contributed by atoms with Crippen LogP contribution in [0.15, 0.2) is 17.1 Å². The van der Waals surface area contributed by atoms with Crippen molar-refractivity contribution in [3.05, 3.63) is 22.6 Å². The van der Waals surface area contributed by atoms with Gasteiger partial charge in [-0.05, 0) is 12.8 Å². The van der Waals surface area contributed by atoms with Crippen LogP contribution in [0.1, 0.15) is 29.3 Å². The van der Waals surface area contributed by atoms with E-state index in [-0.39, 0.29) is 6.10 Å². The Labute approximate surface area is 137 Å². The molecule has 5 N–H and O–H groups in total. The zero-order chi connectivity index (χ0) is 16.4. The Morgan fingerprint density at radius 2 is 2.30 bits per heavy atom. The molecule has 0 saturated carbocycles. The Morgan fingerprint density at radius 1 is 1.48 bits per heavy atom. The van der Waals surface area contributed by atoms with Crippen LogP contribution in [0, 0.1) is 5.41 Å². The van der Waals surface area contributed by atoms with Gasteiger partial charge in [-0.25, -0.2) is 0 Å². The number of hydrogen-bond acceptors (Lipinski definition) is 7. The molecular weight excluding hydrogens is 312 g/mol. The van der Waals surface area contributed by atoms with E-state index in [9.17, 15) is 4.79 Å². The first-order chi connectivity index (χ1) is 11.2. The van der Waals surface area contributed by atoms with E-state index >= 15 is 0 Å². The van der Waals surface area contributed by atoms with E-state index < -0.39 is 6.04 Å². The number of fused-ring (bicyclic) bond motifs is 1. The third-order valence-electron chi connectivity index (χ3n) is 3.86. The van der Waals surface area contributed by atoms with Crippen LogP contribution in [0.3, 0.4) is 0 Å². The van der Waals surface area contributed by atoms with Crippen molar-refractivity contribution in [3.8, 4) is 5.06 Å². The fourth-order valence-electron chi connectivity index (χ4n) is 2.66. The first-order valence-electron chi connectivity index (χ1n) is 7.38. The molecule has 1 aromatic carbocycles. The Morgan fingerprint density at radius 3 is 2.96 bits per heavy atom. The minimum Gasteiger partial charge on any atom is -0.474 e. The largest absolute Gasteiger partial charge is 0.474 e. The van der Waals surface area contributed by atoms with Gasteiger partial charge in [0.15, 0.2) is 5.06 Å². The molecule has 1 aliphatic heterocycles. The first-order valence-corrected chi connectivity index (χ1v) is 8.20. The number of thiophene rings is 1. The van der Waals surface area contributed by atoms with Gasteiger partial charge in [-0.2, -0.15) is 0 Å². The third-order valence-corrected chi connectivity index (χ3v) is 5.06. The standard InChI is InChI=1S/C16H18N4O2S/c17-6-9-3-4-11-13(14(9)19)16(23-15(11)12(18)8-21)22-10-2-1-5-20-7-10/h3-4,6-8,10,12,17H,1-2,5,18-19H2. The van der Waals surface area contributed by atoms with E-state index in [0.717, 1.165) is 35.0 Å². The van der Waals surface area contributed by atoms with Crippen LogP contribution in [0.5, 0.6) is 5.06 Å². The molecule has 3 rings (SSSR count). The molecule has 7 heteroatoms. The maximum atomic E-state index is 11.1. The fourth-order valence-corrected chi connectivity index (χ4v) is 3.83. The number of benzene rings is 1. The van der Waals surface area contributed by atoms with Gasteiger partial charge in [0.2, 0.25) is 0 Å². The molecule has 2 atom stereocenters. The van der Waals surface area contributed by atoms with Crippen molar-refractivity contribution in [2.45, 2.75) is 25.0 Å². The van der Waals surface area contributed by atoms with Crippen LogP contribution in [-0.2, 0) is 4.79 Å². The molecule has 0 fully saturated rings. The number of aldehydes is 1. The third kappa shape index (κ3) is 2.85. The van der Waals surface area contributed by atoms with Gasteiger partial charge in [0, 0.05) is 34.8 Å². The summed E-state index contributed by atoms with van der Waals surface area (Å²) in [7, 11) is 0. The summed E-state index contributed by atoms with van der Waals surface area (Å²) in [6, 6.07) is 2.87. The number of anilines is 1. The summed E-state index contributed by atoms with van der Waals surface area (Å²) in [4.78, 5) is 16.1. The lowest BCUT2D eigenvalue weighted by Crippen LogP contribution is -2.21. The van der Waals surface area contributed by atoms with Crippen molar-refractivity contribution in [2.24, 2.45) is 10.7 Å². The zero-order valence-electron chi connectivity index (χ0n) is 12.5. The van der Waals surface area contributed by atoms with Crippen molar-refractivity contribution in [2.75, 3.05) is 12.3 Å². The fraction of sp³-hybridized carbons (Fsp3) is 0.312. The Bertz CT molecular complexity index is 784. The van der Waals surface area contributed by atoms with Gasteiger partial charge >= 0.3 is 0 Å². The van der Waals surface area contributed by atoms with E-state index in [1.165, 1.54) is 17.6 Å². The Hall–Kier alpha value is -2.25. The predicted molar refractivity (Wildman–Crippen MR) is 94.1 cm³/mol. The highest BCUT2D eigenvalue weighted by atomic mass is 32.1. The molecule has 0 aliphatic carbocycles. The molecule has 120 valence electrons. The van der Waals surface area contributed by atoms with Gasteiger partial charge in [-0.3, -0.25) is 4.99 Å². The molecular formula is C16H18N4O2S. The molecule has 0 radical (unpaired) electrons. The highest BCUT2D eigenvalue weighted by molar-refractivity contribution is 7.16. The van der Waals surface area contributed by atoms with Gasteiger partial charge in [0.05, 0.1) is 17.1 Å². The second kappa shape index (κ2) is 6.47. The number of ether oxygens (including phenoxy) is 1. The van der Waals surface area contributed by atoms with Crippen LogP contribution < -0.4 is 16.2 Å². The highest BCUT2D eigenvalue weighted by Crippen LogP contribution is 2.44. The van der Waals surface area contributed by atoms with Crippen LogP contribution in [-0.4, -0.2) is 31.4 Å². The normalized spacial score (nSPS) is 18.7. The summed E-state index contributed by atoms with van der Waals surface area (Å²) in [5.41, 5.74) is 13.2. The van der Waals surface area contributed by atoms with E-state index in [1.807, 2.05) is 12.3 Å². The maximum absolute atomic E-state index is 11.1. The van der Waals surface area contributed by atoms with Crippen molar-refractivity contribution in [1.82, 2.24) is 0 Å². The number of aliphatic imine (C=N–C) groups is 1. The SMILES string of the molecule is N=Cc1ccc2c(C(N)C=O)sc(OC3C=NCCC3)c2c1N. The monoisotopic (exact) mass is 330 g/mol. The predicted octanol–water partition coefficient (Wildman–Crippen LogP) is 2.29. The number of nitrogens with one attached hydrogen (secondary N) is 1.